The molecule has 4 rings (SSSR count). The van der Waals surface area contributed by atoms with Crippen LogP contribution in [0.5, 0.6) is 0 Å². The van der Waals surface area contributed by atoms with E-state index in [0.717, 1.165) is 43.3 Å². The van der Waals surface area contributed by atoms with E-state index < -0.39 is 0 Å². The minimum absolute atomic E-state index is 0.434. The third-order valence-corrected chi connectivity index (χ3v) is 4.22. The van der Waals surface area contributed by atoms with Gasteiger partial charge in [-0.2, -0.15) is 10.2 Å². The average Bonchev–Trinajstić information content (AvgIpc) is 3.18. The predicted octanol–water partition coefficient (Wildman–Crippen LogP) is 1.88. The number of para-hydroxylation sites is 1. The molecule has 3 heterocycles. The molecule has 6 heteroatoms. The highest BCUT2D eigenvalue weighted by Gasteiger charge is 2.20. The van der Waals surface area contributed by atoms with Crippen LogP contribution in [0.1, 0.15) is 23.6 Å². The molecule has 0 bridgehead atoms. The molecular formula is C17H20N6. The van der Waals surface area contributed by atoms with Crippen LogP contribution < -0.4 is 5.32 Å². The maximum absolute atomic E-state index is 4.45. The van der Waals surface area contributed by atoms with Gasteiger partial charge in [-0.15, -0.1) is 0 Å². The summed E-state index contributed by atoms with van der Waals surface area (Å²) in [5.41, 5.74) is 2.27. The zero-order valence-electron chi connectivity index (χ0n) is 13.2. The van der Waals surface area contributed by atoms with Crippen LogP contribution in [0.3, 0.4) is 0 Å². The first-order chi connectivity index (χ1) is 11.3. The van der Waals surface area contributed by atoms with E-state index in [1.807, 2.05) is 40.7 Å². The maximum Gasteiger partial charge on any atom is 0.147 e. The molecule has 0 spiro atoms. The van der Waals surface area contributed by atoms with Crippen molar-refractivity contribution in [1.29, 1.82) is 0 Å². The van der Waals surface area contributed by atoms with Gasteiger partial charge < -0.3 is 5.32 Å². The Hall–Kier alpha value is -2.47. The Balaban J connectivity index is 1.38. The molecule has 0 aliphatic carbocycles. The lowest BCUT2D eigenvalue weighted by molar-refractivity contribution is 0.357. The van der Waals surface area contributed by atoms with E-state index in [0.29, 0.717) is 6.04 Å². The Morgan fingerprint density at radius 2 is 2.13 bits per heavy atom. The van der Waals surface area contributed by atoms with E-state index in [9.17, 15) is 0 Å². The van der Waals surface area contributed by atoms with Crippen molar-refractivity contribution in [2.75, 3.05) is 0 Å². The molecule has 0 saturated carbocycles. The number of nitrogens with one attached hydrogen (secondary N) is 1. The van der Waals surface area contributed by atoms with Crippen molar-refractivity contribution >= 4 is 0 Å². The Kier molecular flexibility index (Phi) is 3.67. The Labute approximate surface area is 135 Å². The van der Waals surface area contributed by atoms with Gasteiger partial charge >= 0.3 is 0 Å². The molecule has 0 saturated heterocycles. The first-order valence-corrected chi connectivity index (χ1v) is 8.00. The summed E-state index contributed by atoms with van der Waals surface area (Å²) in [7, 11) is 0. The van der Waals surface area contributed by atoms with Crippen LogP contribution in [0.2, 0.25) is 0 Å². The zero-order chi connectivity index (χ0) is 15.6. The van der Waals surface area contributed by atoms with E-state index in [-0.39, 0.29) is 0 Å². The Morgan fingerprint density at radius 3 is 3.00 bits per heavy atom. The van der Waals surface area contributed by atoms with E-state index in [1.165, 1.54) is 5.56 Å². The minimum Gasteiger partial charge on any atom is -0.308 e. The molecule has 23 heavy (non-hydrogen) atoms. The van der Waals surface area contributed by atoms with Crippen molar-refractivity contribution in [3.05, 3.63) is 59.9 Å². The number of aromatic nitrogens is 5. The van der Waals surface area contributed by atoms with E-state index in [1.54, 1.807) is 0 Å². The van der Waals surface area contributed by atoms with Crippen LogP contribution >= 0.6 is 0 Å². The van der Waals surface area contributed by atoms with E-state index in [4.69, 9.17) is 0 Å². The second-order valence-electron chi connectivity index (χ2n) is 6.00. The summed E-state index contributed by atoms with van der Waals surface area (Å²) in [6.45, 7) is 3.66. The van der Waals surface area contributed by atoms with Crippen LogP contribution in [0.25, 0.3) is 5.69 Å². The van der Waals surface area contributed by atoms with Crippen LogP contribution in [0.15, 0.2) is 42.7 Å². The molecule has 1 aliphatic heterocycles. The molecule has 0 fully saturated rings. The first-order valence-electron chi connectivity index (χ1n) is 8.00. The van der Waals surface area contributed by atoms with Crippen molar-refractivity contribution in [1.82, 2.24) is 29.9 Å². The van der Waals surface area contributed by atoms with Gasteiger partial charge in [0.1, 0.15) is 11.6 Å². The van der Waals surface area contributed by atoms with Gasteiger partial charge in [-0.3, -0.25) is 0 Å². The summed E-state index contributed by atoms with van der Waals surface area (Å²) in [6, 6.07) is 10.6. The largest absolute Gasteiger partial charge is 0.308 e. The van der Waals surface area contributed by atoms with Gasteiger partial charge in [0.25, 0.3) is 0 Å². The third-order valence-electron chi connectivity index (χ3n) is 4.22. The third kappa shape index (κ3) is 3.03. The van der Waals surface area contributed by atoms with Crippen molar-refractivity contribution in [3.63, 3.8) is 0 Å². The van der Waals surface area contributed by atoms with Gasteiger partial charge in [-0.1, -0.05) is 18.2 Å². The van der Waals surface area contributed by atoms with E-state index in [2.05, 4.69) is 38.8 Å². The zero-order valence-corrected chi connectivity index (χ0v) is 13.2. The maximum atomic E-state index is 4.45. The highest BCUT2D eigenvalue weighted by Crippen LogP contribution is 2.14. The topological polar surface area (TPSA) is 60.6 Å². The summed E-state index contributed by atoms with van der Waals surface area (Å²) in [5, 5.41) is 12.5. The Morgan fingerprint density at radius 1 is 1.26 bits per heavy atom. The second kappa shape index (κ2) is 5.96. The van der Waals surface area contributed by atoms with Gasteiger partial charge in [0.05, 0.1) is 18.4 Å². The van der Waals surface area contributed by atoms with Crippen molar-refractivity contribution < 1.29 is 0 Å². The summed E-state index contributed by atoms with van der Waals surface area (Å²) in [4.78, 5) is 4.45. The lowest BCUT2D eigenvalue weighted by Crippen LogP contribution is -2.37. The molecule has 1 atom stereocenters. The molecular weight excluding hydrogens is 288 g/mol. The van der Waals surface area contributed by atoms with Crippen LogP contribution in [0.4, 0.5) is 0 Å². The summed E-state index contributed by atoms with van der Waals surface area (Å²) in [6.07, 6.45) is 6.09. The highest BCUT2D eigenvalue weighted by molar-refractivity contribution is 5.30. The number of rotatable bonds is 4. The molecule has 1 aromatic carbocycles. The van der Waals surface area contributed by atoms with Gasteiger partial charge in [-0.25, -0.2) is 14.3 Å². The molecule has 0 radical (unpaired) electrons. The SMILES string of the molecule is Cc1nc2n(n1)C[C@@H](NCc1cnn(-c3ccccc3)c1)CC2. The van der Waals surface area contributed by atoms with Crippen molar-refractivity contribution in [2.24, 2.45) is 0 Å². The van der Waals surface area contributed by atoms with Gasteiger partial charge in [0, 0.05) is 30.8 Å². The fourth-order valence-corrected chi connectivity index (χ4v) is 3.04. The number of aryl methyl sites for hydroxylation is 2. The van der Waals surface area contributed by atoms with Crippen LogP contribution in [-0.2, 0) is 19.5 Å². The number of benzene rings is 1. The second-order valence-corrected chi connectivity index (χ2v) is 6.00. The lowest BCUT2D eigenvalue weighted by Gasteiger charge is -2.23. The molecule has 2 aromatic heterocycles. The fraction of sp³-hybridized carbons (Fsp3) is 0.353. The molecule has 118 valence electrons. The summed E-state index contributed by atoms with van der Waals surface area (Å²) >= 11 is 0. The first kappa shape index (κ1) is 14.1. The molecule has 6 nitrogen and oxygen atoms in total. The van der Waals surface area contributed by atoms with Crippen molar-refractivity contribution in [3.8, 4) is 5.69 Å². The quantitative estimate of drug-likeness (QED) is 0.799. The fourth-order valence-electron chi connectivity index (χ4n) is 3.04. The van der Waals surface area contributed by atoms with Gasteiger partial charge in [-0.05, 0) is 25.5 Å². The van der Waals surface area contributed by atoms with Crippen LogP contribution in [0, 0.1) is 6.92 Å². The molecule has 0 unspecified atom stereocenters. The van der Waals surface area contributed by atoms with Crippen LogP contribution in [-0.4, -0.2) is 30.6 Å². The smallest absolute Gasteiger partial charge is 0.147 e. The standard InChI is InChI=1S/C17H20N6/c1-13-20-17-8-7-15(12-23(17)21-13)18-9-14-10-19-22(11-14)16-5-3-2-4-6-16/h2-6,10-11,15,18H,7-9,12H2,1H3/t15-/m0/s1. The Bertz CT molecular complexity index is 789. The number of nitrogens with zero attached hydrogens (tertiary/aromatic N) is 5. The monoisotopic (exact) mass is 308 g/mol. The number of fused-ring (bicyclic) bond motifs is 1. The average molecular weight is 308 g/mol. The molecule has 0 amide bonds. The van der Waals surface area contributed by atoms with Gasteiger partial charge in [0.2, 0.25) is 0 Å². The van der Waals surface area contributed by atoms with E-state index >= 15 is 0 Å². The molecule has 1 aliphatic rings. The minimum atomic E-state index is 0.434. The summed E-state index contributed by atoms with van der Waals surface area (Å²) < 4.78 is 3.95. The predicted molar refractivity (Wildman–Crippen MR) is 87.3 cm³/mol. The normalized spacial score (nSPS) is 17.2. The number of hydrogen-bond donors (Lipinski definition) is 1. The summed E-state index contributed by atoms with van der Waals surface area (Å²) in [5.74, 6) is 1.97. The highest BCUT2D eigenvalue weighted by atomic mass is 15.4. The van der Waals surface area contributed by atoms with Gasteiger partial charge in [0.15, 0.2) is 0 Å². The van der Waals surface area contributed by atoms with Crippen molar-refractivity contribution in [2.45, 2.75) is 38.9 Å². The molecule has 3 aromatic rings. The number of hydrogen-bond acceptors (Lipinski definition) is 4. The lowest BCUT2D eigenvalue weighted by atomic mass is 10.1. The molecule has 1 N–H and O–H groups in total.